The first kappa shape index (κ1) is 14.7. The van der Waals surface area contributed by atoms with E-state index in [9.17, 15) is 9.59 Å². The van der Waals surface area contributed by atoms with Crippen LogP contribution >= 0.6 is 0 Å². The molecule has 1 rings (SSSR count). The molecule has 0 unspecified atom stereocenters. The lowest BCUT2D eigenvalue weighted by Gasteiger charge is -2.23. The Morgan fingerprint density at radius 3 is 2.63 bits per heavy atom. The maximum Gasteiger partial charge on any atom is 0.323 e. The van der Waals surface area contributed by atoms with Gasteiger partial charge in [0, 0.05) is 12.2 Å². The Labute approximate surface area is 111 Å². The number of rotatable bonds is 6. The summed E-state index contributed by atoms with van der Waals surface area (Å²) in [7, 11) is 0. The molecule has 0 radical (unpaired) electrons. The van der Waals surface area contributed by atoms with E-state index in [0.29, 0.717) is 11.3 Å². The van der Waals surface area contributed by atoms with Crippen LogP contribution in [0.2, 0.25) is 0 Å². The average Bonchev–Trinajstić information content (AvgIpc) is 2.25. The minimum atomic E-state index is -1.02. The number of aromatic nitrogens is 1. The molecule has 0 bridgehead atoms. The standard InChI is InChI=1S/C13H17N3O3/c1-4-5-16(7-10(17)18)13-11(12(14)19)8(2)6-9(3)15-13/h4,6H,1,5,7H2,2-3H3,(H2,14,19)(H,17,18). The molecular formula is C13H17N3O3. The number of amides is 1. The number of aryl methyl sites for hydroxylation is 2. The third kappa shape index (κ3) is 3.54. The molecule has 1 aromatic heterocycles. The minimum absolute atomic E-state index is 0.244. The molecule has 0 aliphatic rings. The molecule has 102 valence electrons. The summed E-state index contributed by atoms with van der Waals surface area (Å²) in [6.07, 6.45) is 1.55. The SMILES string of the molecule is C=CCN(CC(=O)O)c1nc(C)cc(C)c1C(N)=O. The van der Waals surface area contributed by atoms with E-state index in [1.54, 1.807) is 26.0 Å². The van der Waals surface area contributed by atoms with Gasteiger partial charge in [-0.2, -0.15) is 0 Å². The van der Waals surface area contributed by atoms with Crippen molar-refractivity contribution in [3.8, 4) is 0 Å². The molecule has 3 N–H and O–H groups in total. The molecule has 0 aliphatic heterocycles. The van der Waals surface area contributed by atoms with E-state index < -0.39 is 11.9 Å². The van der Waals surface area contributed by atoms with Crippen LogP contribution in [-0.4, -0.2) is 35.1 Å². The van der Waals surface area contributed by atoms with Crippen molar-refractivity contribution >= 4 is 17.7 Å². The highest BCUT2D eigenvalue weighted by atomic mass is 16.4. The van der Waals surface area contributed by atoms with E-state index in [-0.39, 0.29) is 24.5 Å². The van der Waals surface area contributed by atoms with Crippen LogP contribution in [0.25, 0.3) is 0 Å². The predicted molar refractivity (Wildman–Crippen MR) is 72.3 cm³/mol. The molecule has 1 aromatic rings. The predicted octanol–water partition coefficient (Wildman–Crippen LogP) is 0.874. The fourth-order valence-electron chi connectivity index (χ4n) is 1.90. The highest BCUT2D eigenvalue weighted by Gasteiger charge is 2.20. The number of anilines is 1. The van der Waals surface area contributed by atoms with Crippen LogP contribution in [0.4, 0.5) is 5.82 Å². The molecule has 0 aliphatic carbocycles. The number of aliphatic carboxylic acids is 1. The summed E-state index contributed by atoms with van der Waals surface area (Å²) in [5.41, 5.74) is 6.96. The highest BCUT2D eigenvalue weighted by Crippen LogP contribution is 2.22. The summed E-state index contributed by atoms with van der Waals surface area (Å²) in [4.78, 5) is 28.1. The van der Waals surface area contributed by atoms with E-state index in [2.05, 4.69) is 11.6 Å². The number of nitrogens with zero attached hydrogens (tertiary/aromatic N) is 2. The van der Waals surface area contributed by atoms with Gasteiger partial charge < -0.3 is 15.7 Å². The molecule has 0 aromatic carbocycles. The molecule has 0 fully saturated rings. The Bertz CT molecular complexity index is 526. The third-order valence-electron chi connectivity index (χ3n) is 2.55. The van der Waals surface area contributed by atoms with Gasteiger partial charge in [-0.25, -0.2) is 4.98 Å². The second-order valence-corrected chi connectivity index (χ2v) is 4.21. The number of primary amides is 1. The molecule has 0 spiro atoms. The molecule has 0 atom stereocenters. The minimum Gasteiger partial charge on any atom is -0.480 e. The Kier molecular flexibility index (Phi) is 4.63. The van der Waals surface area contributed by atoms with Gasteiger partial charge in [0.25, 0.3) is 5.91 Å². The Morgan fingerprint density at radius 1 is 1.53 bits per heavy atom. The van der Waals surface area contributed by atoms with Crippen molar-refractivity contribution in [1.82, 2.24) is 4.98 Å². The third-order valence-corrected chi connectivity index (χ3v) is 2.55. The van der Waals surface area contributed by atoms with Crippen LogP contribution in [0.15, 0.2) is 18.7 Å². The lowest BCUT2D eigenvalue weighted by Crippen LogP contribution is -2.33. The van der Waals surface area contributed by atoms with Gasteiger partial charge in [0.2, 0.25) is 0 Å². The lowest BCUT2D eigenvalue weighted by atomic mass is 10.1. The first-order valence-corrected chi connectivity index (χ1v) is 5.72. The van der Waals surface area contributed by atoms with Crippen LogP contribution in [0.5, 0.6) is 0 Å². The smallest absolute Gasteiger partial charge is 0.323 e. The van der Waals surface area contributed by atoms with Gasteiger partial charge in [0.05, 0.1) is 5.56 Å². The van der Waals surface area contributed by atoms with Gasteiger partial charge in [-0.3, -0.25) is 9.59 Å². The Morgan fingerprint density at radius 2 is 2.16 bits per heavy atom. The highest BCUT2D eigenvalue weighted by molar-refractivity contribution is 5.99. The van der Waals surface area contributed by atoms with Gasteiger partial charge >= 0.3 is 5.97 Å². The van der Waals surface area contributed by atoms with E-state index in [1.807, 2.05) is 0 Å². The fourth-order valence-corrected chi connectivity index (χ4v) is 1.90. The zero-order chi connectivity index (χ0) is 14.6. The van der Waals surface area contributed by atoms with Gasteiger partial charge in [-0.15, -0.1) is 6.58 Å². The number of nitrogens with two attached hydrogens (primary N) is 1. The summed E-state index contributed by atoms with van der Waals surface area (Å²) in [6, 6.07) is 1.73. The van der Waals surface area contributed by atoms with Gasteiger partial charge in [0.15, 0.2) is 0 Å². The molecule has 1 amide bonds. The zero-order valence-corrected chi connectivity index (χ0v) is 11.0. The summed E-state index contributed by atoms with van der Waals surface area (Å²) in [5, 5.41) is 8.92. The van der Waals surface area contributed by atoms with Crippen molar-refractivity contribution in [2.75, 3.05) is 18.0 Å². The Balaban J connectivity index is 3.38. The zero-order valence-electron chi connectivity index (χ0n) is 11.0. The second-order valence-electron chi connectivity index (χ2n) is 4.21. The van der Waals surface area contributed by atoms with Crippen molar-refractivity contribution in [2.45, 2.75) is 13.8 Å². The van der Waals surface area contributed by atoms with Crippen molar-refractivity contribution in [1.29, 1.82) is 0 Å². The van der Waals surface area contributed by atoms with Crippen LogP contribution in [0, 0.1) is 13.8 Å². The van der Waals surface area contributed by atoms with E-state index >= 15 is 0 Å². The number of pyridine rings is 1. The van der Waals surface area contributed by atoms with Gasteiger partial charge in [-0.05, 0) is 25.5 Å². The number of carbonyl (C=O) groups is 2. The number of carboxylic acid groups (broad SMARTS) is 1. The average molecular weight is 263 g/mol. The largest absolute Gasteiger partial charge is 0.480 e. The van der Waals surface area contributed by atoms with E-state index in [4.69, 9.17) is 10.8 Å². The summed E-state index contributed by atoms with van der Waals surface area (Å²) in [6.45, 7) is 7.08. The molecule has 6 heteroatoms. The first-order valence-electron chi connectivity index (χ1n) is 5.72. The lowest BCUT2D eigenvalue weighted by molar-refractivity contribution is -0.135. The van der Waals surface area contributed by atoms with Crippen LogP contribution in [0.3, 0.4) is 0 Å². The monoisotopic (exact) mass is 263 g/mol. The molecule has 6 nitrogen and oxygen atoms in total. The maximum atomic E-state index is 11.5. The van der Waals surface area contributed by atoms with Crippen molar-refractivity contribution in [3.63, 3.8) is 0 Å². The normalized spacial score (nSPS) is 10.0. The molecule has 19 heavy (non-hydrogen) atoms. The summed E-state index contributed by atoms with van der Waals surface area (Å²) < 4.78 is 0. The quantitative estimate of drug-likeness (QED) is 0.742. The van der Waals surface area contributed by atoms with Gasteiger partial charge in [-0.1, -0.05) is 6.08 Å². The summed E-state index contributed by atoms with van der Waals surface area (Å²) >= 11 is 0. The fraction of sp³-hybridized carbons (Fsp3) is 0.308. The maximum absolute atomic E-state index is 11.5. The van der Waals surface area contributed by atoms with Gasteiger partial charge in [0.1, 0.15) is 12.4 Å². The topological polar surface area (TPSA) is 96.5 Å². The first-order chi connectivity index (χ1) is 8.86. The molecule has 1 heterocycles. The van der Waals surface area contributed by atoms with Crippen molar-refractivity contribution < 1.29 is 14.7 Å². The molecule has 0 saturated carbocycles. The van der Waals surface area contributed by atoms with Crippen LogP contribution < -0.4 is 10.6 Å². The Hall–Kier alpha value is -2.37. The molecule has 0 saturated heterocycles. The number of hydrogen-bond donors (Lipinski definition) is 2. The van der Waals surface area contributed by atoms with Crippen LogP contribution in [0.1, 0.15) is 21.6 Å². The van der Waals surface area contributed by atoms with E-state index in [0.717, 1.165) is 0 Å². The van der Waals surface area contributed by atoms with Crippen LogP contribution in [-0.2, 0) is 4.79 Å². The van der Waals surface area contributed by atoms with E-state index in [1.165, 1.54) is 4.90 Å². The number of carboxylic acids is 1. The van der Waals surface area contributed by atoms with Crippen molar-refractivity contribution in [2.24, 2.45) is 5.73 Å². The summed E-state index contributed by atoms with van der Waals surface area (Å²) in [5.74, 6) is -1.36. The number of carbonyl (C=O) groups excluding carboxylic acids is 1. The van der Waals surface area contributed by atoms with Crippen molar-refractivity contribution in [3.05, 3.63) is 35.5 Å². The number of hydrogen-bond acceptors (Lipinski definition) is 4. The second kappa shape index (κ2) is 5.99. The molecular weight excluding hydrogens is 246 g/mol.